The molecule has 0 fully saturated rings. The molecule has 1 rings (SSSR count). The minimum atomic E-state index is -0.119. The number of ether oxygens (including phenoxy) is 1. The number of thiophene rings is 1. The summed E-state index contributed by atoms with van der Waals surface area (Å²) >= 11 is 1.76. The van der Waals surface area contributed by atoms with Gasteiger partial charge in [-0.3, -0.25) is 9.79 Å². The molecule has 5 nitrogen and oxygen atoms in total. The fourth-order valence-electron chi connectivity index (χ4n) is 2.04. The molecule has 0 radical (unpaired) electrons. The molecule has 0 unspecified atom stereocenters. The molecule has 0 spiro atoms. The van der Waals surface area contributed by atoms with Crippen molar-refractivity contribution < 1.29 is 9.53 Å². The second-order valence-electron chi connectivity index (χ2n) is 5.12. The van der Waals surface area contributed by atoms with E-state index in [9.17, 15) is 4.79 Å². The Balaban J connectivity index is 0.00000484. The molecule has 3 N–H and O–H groups in total. The van der Waals surface area contributed by atoms with Crippen LogP contribution in [-0.4, -0.2) is 32.1 Å². The van der Waals surface area contributed by atoms with Crippen molar-refractivity contribution in [3.8, 4) is 0 Å². The minimum absolute atomic E-state index is 0. The van der Waals surface area contributed by atoms with Crippen molar-refractivity contribution in [3.63, 3.8) is 0 Å². The molecule has 0 atom stereocenters. The van der Waals surface area contributed by atoms with E-state index in [0.29, 0.717) is 12.4 Å². The number of guanidine groups is 1. The van der Waals surface area contributed by atoms with Crippen LogP contribution in [0.15, 0.2) is 22.5 Å². The van der Waals surface area contributed by atoms with Crippen molar-refractivity contribution in [1.29, 1.82) is 0 Å². The van der Waals surface area contributed by atoms with Gasteiger partial charge in [0.1, 0.15) is 0 Å². The number of hydrogen-bond donors (Lipinski definition) is 2. The van der Waals surface area contributed by atoms with Crippen LogP contribution in [0.5, 0.6) is 0 Å². The van der Waals surface area contributed by atoms with Gasteiger partial charge < -0.3 is 15.8 Å². The number of nitrogens with two attached hydrogens (primary N) is 1. The smallest absolute Gasteiger partial charge is 0.305 e. The van der Waals surface area contributed by atoms with Gasteiger partial charge in [0.05, 0.1) is 7.11 Å². The first-order valence-corrected chi connectivity index (χ1v) is 8.73. The maximum Gasteiger partial charge on any atom is 0.305 e. The number of aliphatic imine (C=N–C) groups is 1. The summed E-state index contributed by atoms with van der Waals surface area (Å²) in [5, 5.41) is 5.22. The summed E-state index contributed by atoms with van der Waals surface area (Å²) in [6, 6.07) is 4.18. The van der Waals surface area contributed by atoms with Gasteiger partial charge in [0.25, 0.3) is 0 Å². The summed E-state index contributed by atoms with van der Waals surface area (Å²) in [6.07, 6.45) is 6.75. The Labute approximate surface area is 160 Å². The number of carbonyl (C=O) groups excluding carboxylic acids is 1. The van der Waals surface area contributed by atoms with E-state index in [1.807, 2.05) is 0 Å². The third-order valence-electron chi connectivity index (χ3n) is 3.31. The topological polar surface area (TPSA) is 76.7 Å². The van der Waals surface area contributed by atoms with Crippen molar-refractivity contribution in [2.45, 2.75) is 44.9 Å². The molecule has 1 aromatic heterocycles. The molecule has 0 saturated carbocycles. The van der Waals surface area contributed by atoms with Crippen molar-refractivity contribution in [1.82, 2.24) is 5.32 Å². The highest BCUT2D eigenvalue weighted by molar-refractivity contribution is 14.0. The lowest BCUT2D eigenvalue weighted by atomic mass is 10.1. The minimum Gasteiger partial charge on any atom is -0.469 e. The summed E-state index contributed by atoms with van der Waals surface area (Å²) in [7, 11) is 1.43. The van der Waals surface area contributed by atoms with E-state index in [-0.39, 0.29) is 29.9 Å². The first-order chi connectivity index (χ1) is 10.7. The summed E-state index contributed by atoms with van der Waals surface area (Å²) in [6.45, 7) is 1.58. The molecule has 0 aliphatic rings. The van der Waals surface area contributed by atoms with Gasteiger partial charge in [0, 0.05) is 24.4 Å². The van der Waals surface area contributed by atoms with Crippen LogP contribution in [-0.2, 0) is 16.0 Å². The van der Waals surface area contributed by atoms with Gasteiger partial charge in [-0.25, -0.2) is 0 Å². The van der Waals surface area contributed by atoms with E-state index in [2.05, 4.69) is 32.6 Å². The monoisotopic (exact) mass is 453 g/mol. The third kappa shape index (κ3) is 12.3. The number of rotatable bonds is 11. The molecule has 0 aliphatic heterocycles. The Morgan fingerprint density at radius 3 is 2.74 bits per heavy atom. The molecular weight excluding hydrogens is 425 g/mol. The number of nitrogens with zero attached hydrogens (tertiary/aromatic N) is 1. The molecule has 0 amide bonds. The lowest BCUT2D eigenvalue weighted by molar-refractivity contribution is -0.140. The molecule has 0 aromatic carbocycles. The standard InChI is InChI=1S/C16H27N3O2S.HI/c1-21-15(20)9-5-3-2-4-6-11-18-16(17)19-12-10-14-8-7-13-22-14;/h7-8,13H,2-6,9-12H2,1H3,(H3,17,18,19);1H. The molecule has 0 aliphatic carbocycles. The van der Waals surface area contributed by atoms with E-state index in [1.165, 1.54) is 12.0 Å². The van der Waals surface area contributed by atoms with Crippen LogP contribution in [0.3, 0.4) is 0 Å². The van der Waals surface area contributed by atoms with Crippen molar-refractivity contribution in [2.24, 2.45) is 10.7 Å². The molecule has 0 bridgehead atoms. The predicted molar refractivity (Wildman–Crippen MR) is 108 cm³/mol. The van der Waals surface area contributed by atoms with Gasteiger partial charge in [0.2, 0.25) is 0 Å². The van der Waals surface area contributed by atoms with Crippen molar-refractivity contribution in [2.75, 3.05) is 20.2 Å². The molecule has 7 heteroatoms. The summed E-state index contributed by atoms with van der Waals surface area (Å²) in [5.41, 5.74) is 5.82. The largest absolute Gasteiger partial charge is 0.469 e. The number of esters is 1. The van der Waals surface area contributed by atoms with Crippen LogP contribution in [0.1, 0.15) is 43.4 Å². The van der Waals surface area contributed by atoms with Crippen molar-refractivity contribution in [3.05, 3.63) is 22.4 Å². The van der Waals surface area contributed by atoms with Gasteiger partial charge in [-0.2, -0.15) is 0 Å². The molecule has 132 valence electrons. The summed E-state index contributed by atoms with van der Waals surface area (Å²) in [4.78, 5) is 16.6. The molecule has 1 heterocycles. The van der Waals surface area contributed by atoms with E-state index in [0.717, 1.165) is 51.6 Å². The quantitative estimate of drug-likeness (QED) is 0.177. The Morgan fingerprint density at radius 2 is 2.04 bits per heavy atom. The SMILES string of the molecule is COC(=O)CCCCCCCN=C(N)NCCc1cccs1.I. The Bertz CT molecular complexity index is 439. The zero-order valence-electron chi connectivity index (χ0n) is 13.8. The first-order valence-electron chi connectivity index (χ1n) is 7.85. The normalized spacial score (nSPS) is 10.9. The predicted octanol–water partition coefficient (Wildman–Crippen LogP) is 3.33. The zero-order valence-corrected chi connectivity index (χ0v) is 16.9. The second kappa shape index (κ2) is 14.7. The maximum absolute atomic E-state index is 10.9. The molecule has 0 saturated heterocycles. The van der Waals surface area contributed by atoms with Gasteiger partial charge in [-0.15, -0.1) is 35.3 Å². The summed E-state index contributed by atoms with van der Waals surface area (Å²) in [5.74, 6) is 0.410. The average Bonchev–Trinajstić information content (AvgIpc) is 3.03. The number of carbonyl (C=O) groups is 1. The lowest BCUT2D eigenvalue weighted by Crippen LogP contribution is -2.33. The van der Waals surface area contributed by atoms with E-state index < -0.39 is 0 Å². The third-order valence-corrected chi connectivity index (χ3v) is 4.24. The van der Waals surface area contributed by atoms with Crippen LogP contribution in [0.2, 0.25) is 0 Å². The van der Waals surface area contributed by atoms with E-state index in [1.54, 1.807) is 11.3 Å². The number of halogens is 1. The lowest BCUT2D eigenvalue weighted by Gasteiger charge is -2.04. The Morgan fingerprint density at radius 1 is 1.30 bits per heavy atom. The van der Waals surface area contributed by atoms with Crippen LogP contribution in [0.25, 0.3) is 0 Å². The highest BCUT2D eigenvalue weighted by Crippen LogP contribution is 2.08. The Kier molecular flexibility index (Phi) is 14.2. The summed E-state index contributed by atoms with van der Waals surface area (Å²) < 4.78 is 4.60. The van der Waals surface area contributed by atoms with Gasteiger partial charge in [-0.05, 0) is 30.7 Å². The molecular formula is C16H28IN3O2S. The fourth-order valence-corrected chi connectivity index (χ4v) is 2.75. The fraction of sp³-hybridized carbons (Fsp3) is 0.625. The van der Waals surface area contributed by atoms with E-state index >= 15 is 0 Å². The number of hydrogen-bond acceptors (Lipinski definition) is 4. The average molecular weight is 453 g/mol. The van der Waals surface area contributed by atoms with Crippen LogP contribution < -0.4 is 11.1 Å². The number of unbranched alkanes of at least 4 members (excludes halogenated alkanes) is 4. The highest BCUT2D eigenvalue weighted by Gasteiger charge is 1.99. The molecule has 1 aromatic rings. The van der Waals surface area contributed by atoms with Crippen LogP contribution in [0.4, 0.5) is 0 Å². The zero-order chi connectivity index (χ0) is 16.0. The van der Waals surface area contributed by atoms with E-state index in [4.69, 9.17) is 5.73 Å². The van der Waals surface area contributed by atoms with Gasteiger partial charge in [-0.1, -0.05) is 25.3 Å². The van der Waals surface area contributed by atoms with Crippen LogP contribution in [0, 0.1) is 0 Å². The van der Waals surface area contributed by atoms with Crippen LogP contribution >= 0.6 is 35.3 Å². The van der Waals surface area contributed by atoms with Crippen molar-refractivity contribution >= 4 is 47.2 Å². The first kappa shape index (κ1) is 22.2. The highest BCUT2D eigenvalue weighted by atomic mass is 127. The maximum atomic E-state index is 10.9. The molecule has 23 heavy (non-hydrogen) atoms. The number of methoxy groups -OCH3 is 1. The Hall–Kier alpha value is -0.830. The second-order valence-corrected chi connectivity index (χ2v) is 6.15. The van der Waals surface area contributed by atoms with Gasteiger partial charge in [0.15, 0.2) is 5.96 Å². The van der Waals surface area contributed by atoms with Gasteiger partial charge >= 0.3 is 5.97 Å². The number of nitrogens with one attached hydrogen (secondary N) is 1.